The molecule has 0 aromatic heterocycles. The van der Waals surface area contributed by atoms with Crippen LogP contribution in [0.2, 0.25) is 0 Å². The number of hydrogen-bond donors (Lipinski definition) is 2. The molecule has 1 saturated heterocycles. The maximum Gasteiger partial charge on any atom is 0.194 e. The van der Waals surface area contributed by atoms with Crippen LogP contribution in [0.5, 0.6) is 0 Å². The van der Waals surface area contributed by atoms with Gasteiger partial charge in [0, 0.05) is 23.7 Å². The molecule has 0 saturated carbocycles. The van der Waals surface area contributed by atoms with Crippen LogP contribution in [-0.2, 0) is 0 Å². The van der Waals surface area contributed by atoms with E-state index in [0.717, 1.165) is 35.2 Å². The largest absolute Gasteiger partial charge is 0.289 e. The molecular formula is C14H13ClN2O. The molecule has 1 aromatic carbocycles. The van der Waals surface area contributed by atoms with Gasteiger partial charge < -0.3 is 0 Å². The number of ketones is 1. The van der Waals surface area contributed by atoms with Gasteiger partial charge in [0.15, 0.2) is 5.78 Å². The standard InChI is InChI=1S/C14H12N2O.ClH/c17-14-10-4-2-1-3-8(10)9-5-6-12-11(13(9)14)7-15-16-12;/h1-5,12,15-16H,6-7H2;1H. The zero-order chi connectivity index (χ0) is 11.4. The van der Waals surface area contributed by atoms with Crippen LogP contribution in [0.3, 0.4) is 0 Å². The van der Waals surface area contributed by atoms with Gasteiger partial charge in [0.25, 0.3) is 0 Å². The number of fused-ring (bicyclic) bond motifs is 4. The van der Waals surface area contributed by atoms with Gasteiger partial charge in [0.1, 0.15) is 0 Å². The third-order valence-electron chi connectivity index (χ3n) is 3.81. The van der Waals surface area contributed by atoms with Crippen molar-refractivity contribution in [2.24, 2.45) is 0 Å². The zero-order valence-corrected chi connectivity index (χ0v) is 10.5. The number of carbonyl (C=O) groups excluding carboxylic acids is 1. The van der Waals surface area contributed by atoms with Crippen LogP contribution in [-0.4, -0.2) is 18.4 Å². The summed E-state index contributed by atoms with van der Waals surface area (Å²) >= 11 is 0. The molecule has 3 aliphatic rings. The Hall–Kier alpha value is -1.42. The number of halogens is 1. The Kier molecular flexibility index (Phi) is 2.63. The molecule has 18 heavy (non-hydrogen) atoms. The van der Waals surface area contributed by atoms with Gasteiger partial charge in [-0.1, -0.05) is 30.3 Å². The van der Waals surface area contributed by atoms with E-state index in [1.165, 1.54) is 5.57 Å². The highest BCUT2D eigenvalue weighted by Gasteiger charge is 2.37. The quantitative estimate of drug-likeness (QED) is 0.748. The molecule has 1 aromatic rings. The predicted octanol–water partition coefficient (Wildman–Crippen LogP) is 1.86. The normalized spacial score (nSPS) is 24.1. The summed E-state index contributed by atoms with van der Waals surface area (Å²) in [6, 6.07) is 8.20. The summed E-state index contributed by atoms with van der Waals surface area (Å²) in [5.41, 5.74) is 11.6. The second kappa shape index (κ2) is 4.05. The van der Waals surface area contributed by atoms with E-state index in [-0.39, 0.29) is 18.2 Å². The summed E-state index contributed by atoms with van der Waals surface area (Å²) in [4.78, 5) is 12.4. The summed E-state index contributed by atoms with van der Waals surface area (Å²) in [5, 5.41) is 0. The first-order chi connectivity index (χ1) is 8.36. The minimum Gasteiger partial charge on any atom is -0.289 e. The van der Waals surface area contributed by atoms with E-state index in [1.807, 2.05) is 24.3 Å². The third kappa shape index (κ3) is 1.35. The number of carbonyl (C=O) groups is 1. The molecule has 1 aliphatic heterocycles. The van der Waals surface area contributed by atoms with Crippen molar-refractivity contribution in [1.29, 1.82) is 0 Å². The number of rotatable bonds is 0. The average Bonchev–Trinajstić information content (AvgIpc) is 2.93. The summed E-state index contributed by atoms with van der Waals surface area (Å²) in [6.45, 7) is 0.775. The molecule has 1 heterocycles. The molecule has 1 unspecified atom stereocenters. The zero-order valence-electron chi connectivity index (χ0n) is 9.69. The van der Waals surface area contributed by atoms with Crippen LogP contribution in [0.4, 0.5) is 0 Å². The molecule has 4 heteroatoms. The fraction of sp³-hybridized carbons (Fsp3) is 0.214. The van der Waals surface area contributed by atoms with Crippen LogP contribution in [0.25, 0.3) is 5.57 Å². The Balaban J connectivity index is 0.000001000. The highest BCUT2D eigenvalue weighted by Crippen LogP contribution is 2.42. The van der Waals surface area contributed by atoms with Crippen LogP contribution in [0.15, 0.2) is 41.5 Å². The van der Waals surface area contributed by atoms with Crippen molar-refractivity contribution in [2.45, 2.75) is 12.5 Å². The Morgan fingerprint density at radius 2 is 1.94 bits per heavy atom. The molecule has 0 amide bonds. The maximum absolute atomic E-state index is 12.4. The van der Waals surface area contributed by atoms with Crippen LogP contribution < -0.4 is 10.9 Å². The minimum absolute atomic E-state index is 0. The summed E-state index contributed by atoms with van der Waals surface area (Å²) in [7, 11) is 0. The molecule has 2 aliphatic carbocycles. The third-order valence-corrected chi connectivity index (χ3v) is 3.81. The fourth-order valence-electron chi connectivity index (χ4n) is 3.02. The Labute approximate surface area is 111 Å². The molecule has 0 radical (unpaired) electrons. The van der Waals surface area contributed by atoms with E-state index >= 15 is 0 Å². The lowest BCUT2D eigenvalue weighted by Crippen LogP contribution is -2.30. The van der Waals surface area contributed by atoms with Crippen molar-refractivity contribution in [3.05, 3.63) is 52.6 Å². The van der Waals surface area contributed by atoms with E-state index in [1.54, 1.807) is 0 Å². The fourth-order valence-corrected chi connectivity index (χ4v) is 3.02. The molecule has 2 N–H and O–H groups in total. The predicted molar refractivity (Wildman–Crippen MR) is 72.6 cm³/mol. The van der Waals surface area contributed by atoms with E-state index in [0.29, 0.717) is 6.04 Å². The number of Topliss-reactive ketones (excluding diaryl/α,β-unsaturated/α-hetero) is 1. The van der Waals surface area contributed by atoms with Crippen LogP contribution in [0.1, 0.15) is 22.3 Å². The number of allylic oxidation sites excluding steroid dienone is 2. The van der Waals surface area contributed by atoms with Gasteiger partial charge >= 0.3 is 0 Å². The SMILES string of the molecule is Cl.O=C1C2=C3CNNC3CC=C2c2ccccc21. The lowest BCUT2D eigenvalue weighted by Gasteiger charge is -2.18. The van der Waals surface area contributed by atoms with Gasteiger partial charge in [0.2, 0.25) is 0 Å². The Bertz CT molecular complexity index is 604. The lowest BCUT2D eigenvalue weighted by atomic mass is 9.88. The van der Waals surface area contributed by atoms with Gasteiger partial charge in [0.05, 0.1) is 0 Å². The first-order valence-electron chi connectivity index (χ1n) is 5.92. The number of nitrogens with one attached hydrogen (secondary N) is 2. The number of hydrazine groups is 1. The molecule has 3 nitrogen and oxygen atoms in total. The van der Waals surface area contributed by atoms with E-state index < -0.39 is 0 Å². The molecule has 4 rings (SSSR count). The van der Waals surface area contributed by atoms with Gasteiger partial charge in [-0.2, -0.15) is 0 Å². The van der Waals surface area contributed by atoms with Crippen molar-refractivity contribution in [1.82, 2.24) is 10.9 Å². The monoisotopic (exact) mass is 260 g/mol. The first-order valence-corrected chi connectivity index (χ1v) is 5.92. The molecule has 1 atom stereocenters. The highest BCUT2D eigenvalue weighted by atomic mass is 35.5. The minimum atomic E-state index is 0. The Morgan fingerprint density at radius 3 is 2.78 bits per heavy atom. The summed E-state index contributed by atoms with van der Waals surface area (Å²) in [5.74, 6) is 0.192. The topological polar surface area (TPSA) is 41.1 Å². The molecular weight excluding hydrogens is 248 g/mol. The molecule has 1 fully saturated rings. The van der Waals surface area contributed by atoms with Gasteiger partial charge in [-0.3, -0.25) is 10.2 Å². The maximum atomic E-state index is 12.4. The van der Waals surface area contributed by atoms with Gasteiger partial charge in [-0.15, -0.1) is 12.4 Å². The second-order valence-electron chi connectivity index (χ2n) is 4.68. The van der Waals surface area contributed by atoms with Crippen molar-refractivity contribution < 1.29 is 4.79 Å². The first kappa shape index (κ1) is 11.7. The smallest absolute Gasteiger partial charge is 0.194 e. The summed E-state index contributed by atoms with van der Waals surface area (Å²) in [6.07, 6.45) is 3.15. The second-order valence-corrected chi connectivity index (χ2v) is 4.68. The lowest BCUT2D eigenvalue weighted by molar-refractivity contribution is 0.104. The molecule has 0 bridgehead atoms. The van der Waals surface area contributed by atoms with E-state index in [9.17, 15) is 4.79 Å². The van der Waals surface area contributed by atoms with Crippen molar-refractivity contribution in [2.75, 3.05) is 6.54 Å². The van der Waals surface area contributed by atoms with Crippen LogP contribution >= 0.6 is 12.4 Å². The summed E-state index contributed by atoms with van der Waals surface area (Å²) < 4.78 is 0. The van der Waals surface area contributed by atoms with Crippen molar-refractivity contribution in [3.8, 4) is 0 Å². The molecule has 0 spiro atoms. The van der Waals surface area contributed by atoms with Gasteiger partial charge in [-0.25, -0.2) is 5.43 Å². The van der Waals surface area contributed by atoms with E-state index in [2.05, 4.69) is 16.9 Å². The number of benzene rings is 1. The van der Waals surface area contributed by atoms with E-state index in [4.69, 9.17) is 0 Å². The van der Waals surface area contributed by atoms with Gasteiger partial charge in [-0.05, 0) is 23.1 Å². The Morgan fingerprint density at radius 1 is 1.17 bits per heavy atom. The molecule has 92 valence electrons. The highest BCUT2D eigenvalue weighted by molar-refractivity contribution is 6.27. The average molecular weight is 261 g/mol. The van der Waals surface area contributed by atoms with Crippen LogP contribution in [0, 0.1) is 0 Å². The van der Waals surface area contributed by atoms with Crippen molar-refractivity contribution >= 4 is 23.8 Å². The number of hydrogen-bond acceptors (Lipinski definition) is 3. The van der Waals surface area contributed by atoms with Crippen molar-refractivity contribution in [3.63, 3.8) is 0 Å².